The SMILES string of the molecule is CN=C(NCc1cccc(COC)c1)NCC(C)(C)N1CCCCC1. The summed E-state index contributed by atoms with van der Waals surface area (Å²) in [6, 6.07) is 8.45. The van der Waals surface area contributed by atoms with Gasteiger partial charge in [0.25, 0.3) is 0 Å². The van der Waals surface area contributed by atoms with Crippen molar-refractivity contribution in [3.63, 3.8) is 0 Å². The van der Waals surface area contributed by atoms with E-state index in [2.05, 4.69) is 58.6 Å². The number of aliphatic imine (C=N–C) groups is 1. The Morgan fingerprint density at radius 1 is 1.16 bits per heavy atom. The Balaban J connectivity index is 1.83. The van der Waals surface area contributed by atoms with Crippen molar-refractivity contribution in [2.24, 2.45) is 4.99 Å². The summed E-state index contributed by atoms with van der Waals surface area (Å²) in [4.78, 5) is 6.95. The zero-order valence-electron chi connectivity index (χ0n) is 16.3. The smallest absolute Gasteiger partial charge is 0.191 e. The fourth-order valence-corrected chi connectivity index (χ4v) is 3.31. The van der Waals surface area contributed by atoms with Crippen LogP contribution in [0.3, 0.4) is 0 Å². The van der Waals surface area contributed by atoms with Crippen molar-refractivity contribution in [1.29, 1.82) is 0 Å². The first-order valence-corrected chi connectivity index (χ1v) is 9.31. The highest BCUT2D eigenvalue weighted by Crippen LogP contribution is 2.19. The zero-order valence-corrected chi connectivity index (χ0v) is 16.3. The van der Waals surface area contributed by atoms with Crippen LogP contribution >= 0.6 is 0 Å². The molecule has 0 spiro atoms. The predicted octanol–water partition coefficient (Wildman–Crippen LogP) is 2.76. The highest BCUT2D eigenvalue weighted by molar-refractivity contribution is 5.79. The minimum atomic E-state index is 0.135. The van der Waals surface area contributed by atoms with Gasteiger partial charge in [-0.2, -0.15) is 0 Å². The van der Waals surface area contributed by atoms with E-state index in [9.17, 15) is 0 Å². The Morgan fingerprint density at radius 2 is 1.88 bits per heavy atom. The van der Waals surface area contributed by atoms with Gasteiger partial charge in [0.1, 0.15) is 0 Å². The molecule has 0 amide bonds. The Bertz CT molecular complexity index is 550. The van der Waals surface area contributed by atoms with E-state index in [1.807, 2.05) is 7.05 Å². The second kappa shape index (κ2) is 9.78. The van der Waals surface area contributed by atoms with Crippen LogP contribution in [0.5, 0.6) is 0 Å². The van der Waals surface area contributed by atoms with Crippen LogP contribution in [0.15, 0.2) is 29.3 Å². The lowest BCUT2D eigenvalue weighted by Gasteiger charge is -2.41. The lowest BCUT2D eigenvalue weighted by Crippen LogP contribution is -2.54. The molecule has 1 saturated heterocycles. The van der Waals surface area contributed by atoms with Crippen molar-refractivity contribution in [3.05, 3.63) is 35.4 Å². The van der Waals surface area contributed by atoms with Crippen molar-refractivity contribution in [1.82, 2.24) is 15.5 Å². The third kappa shape index (κ3) is 6.33. The molecule has 1 aromatic rings. The number of piperidine rings is 1. The molecule has 0 aliphatic carbocycles. The molecule has 1 aromatic carbocycles. The Kier molecular flexibility index (Phi) is 7.72. The van der Waals surface area contributed by atoms with Crippen LogP contribution in [0.2, 0.25) is 0 Å². The number of ether oxygens (including phenoxy) is 1. The highest BCUT2D eigenvalue weighted by atomic mass is 16.5. The number of nitrogens with zero attached hydrogens (tertiary/aromatic N) is 2. The maximum atomic E-state index is 5.20. The quantitative estimate of drug-likeness (QED) is 0.589. The molecule has 140 valence electrons. The maximum absolute atomic E-state index is 5.20. The first-order chi connectivity index (χ1) is 12.0. The molecule has 0 unspecified atom stereocenters. The number of hydrogen-bond acceptors (Lipinski definition) is 3. The van der Waals surface area contributed by atoms with Crippen molar-refractivity contribution < 1.29 is 4.74 Å². The molecule has 2 N–H and O–H groups in total. The molecule has 25 heavy (non-hydrogen) atoms. The molecule has 0 radical (unpaired) electrons. The van der Waals surface area contributed by atoms with E-state index in [4.69, 9.17) is 4.74 Å². The van der Waals surface area contributed by atoms with Crippen LogP contribution in [0.25, 0.3) is 0 Å². The van der Waals surface area contributed by atoms with Gasteiger partial charge >= 0.3 is 0 Å². The van der Waals surface area contributed by atoms with Crippen LogP contribution < -0.4 is 10.6 Å². The summed E-state index contributed by atoms with van der Waals surface area (Å²) >= 11 is 0. The number of nitrogens with one attached hydrogen (secondary N) is 2. The fourth-order valence-electron chi connectivity index (χ4n) is 3.31. The lowest BCUT2D eigenvalue weighted by molar-refractivity contribution is 0.0982. The third-order valence-corrected chi connectivity index (χ3v) is 4.89. The molecule has 5 heteroatoms. The first kappa shape index (κ1) is 19.7. The topological polar surface area (TPSA) is 48.9 Å². The van der Waals surface area contributed by atoms with Crippen molar-refractivity contribution >= 4 is 5.96 Å². The first-order valence-electron chi connectivity index (χ1n) is 9.31. The van der Waals surface area contributed by atoms with Gasteiger partial charge in [0.05, 0.1) is 6.61 Å². The number of rotatable bonds is 7. The molecule has 1 aliphatic heterocycles. The summed E-state index contributed by atoms with van der Waals surface area (Å²) in [5, 5.41) is 6.90. The van der Waals surface area contributed by atoms with Gasteiger partial charge in [-0.1, -0.05) is 30.7 Å². The Morgan fingerprint density at radius 3 is 2.56 bits per heavy atom. The standard InChI is InChI=1S/C20H34N4O/c1-20(2,24-11-6-5-7-12-24)16-23-19(21-3)22-14-17-9-8-10-18(13-17)15-25-4/h8-10,13H,5-7,11-12,14-16H2,1-4H3,(H2,21,22,23). The van der Waals surface area contributed by atoms with Gasteiger partial charge in [-0.05, 0) is 50.9 Å². The summed E-state index contributed by atoms with van der Waals surface area (Å²) < 4.78 is 5.20. The summed E-state index contributed by atoms with van der Waals surface area (Å²) in [6.45, 7) is 9.31. The zero-order chi connectivity index (χ0) is 18.1. The van der Waals surface area contributed by atoms with E-state index in [-0.39, 0.29) is 5.54 Å². The molecule has 1 aliphatic rings. The van der Waals surface area contributed by atoms with E-state index in [0.29, 0.717) is 6.61 Å². The summed E-state index contributed by atoms with van der Waals surface area (Å²) in [7, 11) is 3.55. The predicted molar refractivity (Wildman–Crippen MR) is 105 cm³/mol. The van der Waals surface area contributed by atoms with Crippen LogP contribution in [0.1, 0.15) is 44.2 Å². The van der Waals surface area contributed by atoms with Crippen molar-refractivity contribution in [2.45, 2.75) is 51.8 Å². The highest BCUT2D eigenvalue weighted by Gasteiger charge is 2.27. The number of hydrogen-bond donors (Lipinski definition) is 2. The monoisotopic (exact) mass is 346 g/mol. The van der Waals surface area contributed by atoms with Gasteiger partial charge in [0.2, 0.25) is 0 Å². The number of methoxy groups -OCH3 is 1. The van der Waals surface area contributed by atoms with Gasteiger partial charge in [-0.3, -0.25) is 9.89 Å². The number of likely N-dealkylation sites (tertiary alicyclic amines) is 1. The number of benzene rings is 1. The lowest BCUT2D eigenvalue weighted by atomic mass is 9.98. The van der Waals surface area contributed by atoms with Crippen LogP contribution in [0, 0.1) is 0 Å². The van der Waals surface area contributed by atoms with Gasteiger partial charge in [-0.15, -0.1) is 0 Å². The average Bonchev–Trinajstić information content (AvgIpc) is 2.63. The largest absolute Gasteiger partial charge is 0.380 e. The van der Waals surface area contributed by atoms with Crippen LogP contribution in [-0.4, -0.2) is 50.2 Å². The summed E-state index contributed by atoms with van der Waals surface area (Å²) in [5.41, 5.74) is 2.56. The van der Waals surface area contributed by atoms with E-state index in [1.54, 1.807) is 7.11 Å². The molecule has 1 heterocycles. The van der Waals surface area contributed by atoms with E-state index < -0.39 is 0 Å². The summed E-state index contributed by atoms with van der Waals surface area (Å²) in [5.74, 6) is 0.849. The molecule has 5 nitrogen and oxygen atoms in total. The van der Waals surface area contributed by atoms with E-state index in [1.165, 1.54) is 43.5 Å². The average molecular weight is 347 g/mol. The normalized spacial score (nSPS) is 16.7. The second-order valence-corrected chi connectivity index (χ2v) is 7.39. The Labute approximate surface area is 152 Å². The van der Waals surface area contributed by atoms with Crippen LogP contribution in [-0.2, 0) is 17.9 Å². The van der Waals surface area contributed by atoms with Gasteiger partial charge in [0, 0.05) is 32.8 Å². The van der Waals surface area contributed by atoms with Crippen molar-refractivity contribution in [3.8, 4) is 0 Å². The third-order valence-electron chi connectivity index (χ3n) is 4.89. The molecule has 0 atom stereocenters. The molecular formula is C20H34N4O. The van der Waals surface area contributed by atoms with Crippen LogP contribution in [0.4, 0.5) is 0 Å². The second-order valence-electron chi connectivity index (χ2n) is 7.39. The molecule has 2 rings (SSSR count). The van der Waals surface area contributed by atoms with Gasteiger partial charge < -0.3 is 15.4 Å². The maximum Gasteiger partial charge on any atom is 0.191 e. The van der Waals surface area contributed by atoms with Gasteiger partial charge in [0.15, 0.2) is 5.96 Å². The molecule has 0 aromatic heterocycles. The minimum Gasteiger partial charge on any atom is -0.380 e. The molecule has 0 saturated carbocycles. The van der Waals surface area contributed by atoms with Gasteiger partial charge in [-0.25, -0.2) is 0 Å². The Hall–Kier alpha value is -1.59. The molecule has 0 bridgehead atoms. The molecular weight excluding hydrogens is 312 g/mol. The number of guanidine groups is 1. The van der Waals surface area contributed by atoms with E-state index >= 15 is 0 Å². The molecule has 1 fully saturated rings. The van der Waals surface area contributed by atoms with E-state index in [0.717, 1.165) is 19.0 Å². The minimum absolute atomic E-state index is 0.135. The van der Waals surface area contributed by atoms with Crippen molar-refractivity contribution in [2.75, 3.05) is 33.8 Å². The summed E-state index contributed by atoms with van der Waals surface area (Å²) in [6.07, 6.45) is 3.99. The fraction of sp³-hybridized carbons (Fsp3) is 0.650.